The van der Waals surface area contributed by atoms with Gasteiger partial charge in [0.05, 0.1) is 6.10 Å². The summed E-state index contributed by atoms with van der Waals surface area (Å²) >= 11 is 0. The third kappa shape index (κ3) is 3.67. The van der Waals surface area contributed by atoms with E-state index in [1.54, 1.807) is 0 Å². The highest BCUT2D eigenvalue weighted by Crippen LogP contribution is 2.25. The molecule has 0 saturated heterocycles. The molecule has 0 amide bonds. The molecule has 0 spiro atoms. The van der Waals surface area contributed by atoms with Crippen LogP contribution in [0, 0.1) is 12.8 Å². The Labute approximate surface area is 109 Å². The topological polar surface area (TPSA) is 26.3 Å². The Bertz CT molecular complexity index is 386. The highest BCUT2D eigenvalue weighted by Gasteiger charge is 2.19. The average molecular weight is 246 g/mol. The van der Waals surface area contributed by atoms with Crippen LogP contribution in [0.2, 0.25) is 0 Å². The van der Waals surface area contributed by atoms with Crippen molar-refractivity contribution in [1.82, 2.24) is 0 Å². The molecule has 1 aromatic rings. The Morgan fingerprint density at radius 1 is 1.17 bits per heavy atom. The van der Waals surface area contributed by atoms with E-state index < -0.39 is 0 Å². The summed E-state index contributed by atoms with van der Waals surface area (Å²) in [6.45, 7) is 4.53. The SMILES string of the molecule is Cc1ccc(C(=O)COC2CCC(C)CC2)cc1. The van der Waals surface area contributed by atoms with Gasteiger partial charge in [0, 0.05) is 5.56 Å². The molecule has 1 aliphatic carbocycles. The fourth-order valence-corrected chi connectivity index (χ4v) is 2.41. The van der Waals surface area contributed by atoms with E-state index in [0.717, 1.165) is 24.3 Å². The van der Waals surface area contributed by atoms with Gasteiger partial charge in [-0.25, -0.2) is 0 Å². The van der Waals surface area contributed by atoms with Crippen molar-refractivity contribution < 1.29 is 9.53 Å². The predicted octanol–water partition coefficient (Wildman–Crippen LogP) is 3.77. The summed E-state index contributed by atoms with van der Waals surface area (Å²) in [6.07, 6.45) is 4.94. The molecule has 1 aliphatic rings. The molecule has 2 rings (SSSR count). The lowest BCUT2D eigenvalue weighted by molar-refractivity contribution is 0.0217. The Kier molecular flexibility index (Phi) is 4.54. The number of carbonyl (C=O) groups excluding carboxylic acids is 1. The smallest absolute Gasteiger partial charge is 0.188 e. The third-order valence-electron chi connectivity index (χ3n) is 3.79. The molecule has 1 saturated carbocycles. The molecule has 2 heteroatoms. The number of ether oxygens (including phenoxy) is 1. The molecule has 0 radical (unpaired) electrons. The lowest BCUT2D eigenvalue weighted by atomic mass is 9.89. The van der Waals surface area contributed by atoms with E-state index >= 15 is 0 Å². The molecular weight excluding hydrogens is 224 g/mol. The Balaban J connectivity index is 1.79. The summed E-state index contributed by atoms with van der Waals surface area (Å²) < 4.78 is 5.73. The molecular formula is C16H22O2. The van der Waals surface area contributed by atoms with E-state index in [1.165, 1.54) is 18.4 Å². The van der Waals surface area contributed by atoms with Crippen molar-refractivity contribution in [2.75, 3.05) is 6.61 Å². The maximum absolute atomic E-state index is 11.9. The molecule has 0 aromatic heterocycles. The fraction of sp³-hybridized carbons (Fsp3) is 0.562. The maximum Gasteiger partial charge on any atom is 0.188 e. The standard InChI is InChI=1S/C16H22O2/c1-12-3-7-14(8-4-12)16(17)11-18-15-9-5-13(2)6-10-15/h3-4,7-8,13,15H,5-6,9-11H2,1-2H3. The summed E-state index contributed by atoms with van der Waals surface area (Å²) in [5.41, 5.74) is 1.93. The van der Waals surface area contributed by atoms with Crippen LogP contribution in [0.4, 0.5) is 0 Å². The zero-order valence-electron chi connectivity index (χ0n) is 11.3. The second kappa shape index (κ2) is 6.14. The van der Waals surface area contributed by atoms with Gasteiger partial charge in [0.2, 0.25) is 0 Å². The lowest BCUT2D eigenvalue weighted by Crippen LogP contribution is -2.23. The van der Waals surface area contributed by atoms with Crippen molar-refractivity contribution in [1.29, 1.82) is 0 Å². The predicted molar refractivity (Wildman–Crippen MR) is 72.9 cm³/mol. The molecule has 0 unspecified atom stereocenters. The van der Waals surface area contributed by atoms with E-state index in [2.05, 4.69) is 6.92 Å². The van der Waals surface area contributed by atoms with Gasteiger partial charge in [0.25, 0.3) is 0 Å². The Hall–Kier alpha value is -1.15. The van der Waals surface area contributed by atoms with Crippen molar-refractivity contribution in [3.05, 3.63) is 35.4 Å². The van der Waals surface area contributed by atoms with Gasteiger partial charge in [-0.1, -0.05) is 36.8 Å². The van der Waals surface area contributed by atoms with Crippen molar-refractivity contribution in [2.45, 2.75) is 45.6 Å². The van der Waals surface area contributed by atoms with E-state index in [9.17, 15) is 4.79 Å². The van der Waals surface area contributed by atoms with Gasteiger partial charge < -0.3 is 4.74 Å². The second-order valence-electron chi connectivity index (χ2n) is 5.48. The van der Waals surface area contributed by atoms with E-state index in [1.807, 2.05) is 31.2 Å². The van der Waals surface area contributed by atoms with Crippen LogP contribution in [-0.4, -0.2) is 18.5 Å². The quantitative estimate of drug-likeness (QED) is 0.756. The largest absolute Gasteiger partial charge is 0.370 e. The number of benzene rings is 1. The van der Waals surface area contributed by atoms with Gasteiger partial charge in [-0.3, -0.25) is 4.79 Å². The van der Waals surface area contributed by atoms with Crippen LogP contribution in [0.25, 0.3) is 0 Å². The zero-order valence-corrected chi connectivity index (χ0v) is 11.3. The van der Waals surface area contributed by atoms with Gasteiger partial charge in [0.15, 0.2) is 5.78 Å². The van der Waals surface area contributed by atoms with Gasteiger partial charge in [-0.15, -0.1) is 0 Å². The first kappa shape index (κ1) is 13.3. The third-order valence-corrected chi connectivity index (χ3v) is 3.79. The number of hydrogen-bond acceptors (Lipinski definition) is 2. The molecule has 2 nitrogen and oxygen atoms in total. The molecule has 0 heterocycles. The number of ketones is 1. The molecule has 0 bridgehead atoms. The van der Waals surface area contributed by atoms with Crippen LogP contribution >= 0.6 is 0 Å². The second-order valence-corrected chi connectivity index (χ2v) is 5.48. The number of carbonyl (C=O) groups is 1. The monoisotopic (exact) mass is 246 g/mol. The molecule has 98 valence electrons. The molecule has 0 N–H and O–H groups in total. The van der Waals surface area contributed by atoms with Gasteiger partial charge >= 0.3 is 0 Å². The molecule has 0 atom stereocenters. The summed E-state index contributed by atoms with van der Waals surface area (Å²) in [4.78, 5) is 11.9. The van der Waals surface area contributed by atoms with E-state index in [0.29, 0.717) is 0 Å². The Morgan fingerprint density at radius 2 is 1.78 bits per heavy atom. The molecule has 1 fully saturated rings. The van der Waals surface area contributed by atoms with Crippen LogP contribution in [0.15, 0.2) is 24.3 Å². The lowest BCUT2D eigenvalue weighted by Gasteiger charge is -2.25. The fourth-order valence-electron chi connectivity index (χ4n) is 2.41. The number of Topliss-reactive ketones (excluding diaryl/α,β-unsaturated/α-hetero) is 1. The van der Waals surface area contributed by atoms with Crippen LogP contribution in [-0.2, 0) is 4.74 Å². The Morgan fingerprint density at radius 3 is 2.39 bits per heavy atom. The summed E-state index contributed by atoms with van der Waals surface area (Å²) in [5.74, 6) is 0.909. The van der Waals surface area contributed by atoms with Crippen LogP contribution in [0.5, 0.6) is 0 Å². The number of hydrogen-bond donors (Lipinski definition) is 0. The first-order chi connectivity index (χ1) is 8.65. The number of rotatable bonds is 4. The van der Waals surface area contributed by atoms with Gasteiger partial charge in [-0.05, 0) is 38.5 Å². The summed E-state index contributed by atoms with van der Waals surface area (Å²) in [5, 5.41) is 0. The highest BCUT2D eigenvalue weighted by atomic mass is 16.5. The first-order valence-electron chi connectivity index (χ1n) is 6.86. The number of aryl methyl sites for hydroxylation is 1. The normalized spacial score (nSPS) is 23.9. The van der Waals surface area contributed by atoms with Crippen LogP contribution in [0.1, 0.15) is 48.5 Å². The van der Waals surface area contributed by atoms with Crippen molar-refractivity contribution in [2.24, 2.45) is 5.92 Å². The minimum absolute atomic E-state index is 0.0913. The van der Waals surface area contributed by atoms with Crippen LogP contribution in [0.3, 0.4) is 0 Å². The maximum atomic E-state index is 11.9. The first-order valence-corrected chi connectivity index (χ1v) is 6.86. The van der Waals surface area contributed by atoms with E-state index in [-0.39, 0.29) is 18.5 Å². The summed E-state index contributed by atoms with van der Waals surface area (Å²) in [6, 6.07) is 7.69. The molecule has 18 heavy (non-hydrogen) atoms. The minimum atomic E-state index is 0.0913. The van der Waals surface area contributed by atoms with Gasteiger partial charge in [-0.2, -0.15) is 0 Å². The molecule has 1 aromatic carbocycles. The van der Waals surface area contributed by atoms with Crippen molar-refractivity contribution in [3.63, 3.8) is 0 Å². The average Bonchev–Trinajstić information content (AvgIpc) is 2.38. The van der Waals surface area contributed by atoms with Crippen molar-refractivity contribution in [3.8, 4) is 0 Å². The minimum Gasteiger partial charge on any atom is -0.370 e. The van der Waals surface area contributed by atoms with Crippen molar-refractivity contribution >= 4 is 5.78 Å². The van der Waals surface area contributed by atoms with Gasteiger partial charge in [0.1, 0.15) is 6.61 Å². The highest BCUT2D eigenvalue weighted by molar-refractivity contribution is 5.97. The van der Waals surface area contributed by atoms with E-state index in [4.69, 9.17) is 4.74 Å². The van der Waals surface area contributed by atoms with Crippen LogP contribution < -0.4 is 0 Å². The summed E-state index contributed by atoms with van der Waals surface area (Å²) in [7, 11) is 0. The zero-order chi connectivity index (χ0) is 13.0. The molecule has 0 aliphatic heterocycles.